The first-order valence-electron chi connectivity index (χ1n) is 6.29. The van der Waals surface area contributed by atoms with E-state index in [1.54, 1.807) is 6.07 Å². The molecule has 0 unspecified atom stereocenters. The third-order valence-corrected chi connectivity index (χ3v) is 4.59. The van der Waals surface area contributed by atoms with Gasteiger partial charge >= 0.3 is 0 Å². The number of anilines is 2. The number of rotatable bonds is 3. The van der Waals surface area contributed by atoms with Crippen molar-refractivity contribution in [1.82, 2.24) is 10.0 Å². The zero-order valence-electron chi connectivity index (χ0n) is 11.2. The Morgan fingerprint density at radius 3 is 2.80 bits per heavy atom. The first kappa shape index (κ1) is 14.6. The number of amides is 1. The quantitative estimate of drug-likeness (QED) is 0.653. The number of nitrogen functional groups attached to an aromatic ring is 1. The molecular formula is C12H18N4O3S. The number of nitrogens with zero attached hydrogens (tertiary/aromatic N) is 1. The van der Waals surface area contributed by atoms with Gasteiger partial charge < -0.3 is 16.0 Å². The van der Waals surface area contributed by atoms with E-state index in [1.807, 2.05) is 4.90 Å². The van der Waals surface area contributed by atoms with Gasteiger partial charge in [0, 0.05) is 13.1 Å². The molecule has 0 radical (unpaired) electrons. The van der Waals surface area contributed by atoms with Crippen molar-refractivity contribution in [3.05, 3.63) is 18.2 Å². The van der Waals surface area contributed by atoms with Gasteiger partial charge in [-0.2, -0.15) is 0 Å². The van der Waals surface area contributed by atoms with E-state index >= 15 is 0 Å². The van der Waals surface area contributed by atoms with Crippen LogP contribution < -0.4 is 20.7 Å². The van der Waals surface area contributed by atoms with Crippen LogP contribution in [0.2, 0.25) is 0 Å². The largest absolute Gasteiger partial charge is 0.397 e. The molecule has 1 saturated heterocycles. The molecular weight excluding hydrogens is 280 g/mol. The molecule has 20 heavy (non-hydrogen) atoms. The minimum Gasteiger partial charge on any atom is -0.397 e. The number of hydrogen-bond donors (Lipinski definition) is 3. The van der Waals surface area contributed by atoms with Crippen molar-refractivity contribution in [3.8, 4) is 0 Å². The Kier molecular flexibility index (Phi) is 4.15. The summed E-state index contributed by atoms with van der Waals surface area (Å²) in [6.07, 6.45) is 0.821. The van der Waals surface area contributed by atoms with E-state index in [2.05, 4.69) is 10.0 Å². The molecule has 8 heteroatoms. The predicted octanol–water partition coefficient (Wildman–Crippen LogP) is -0.497. The van der Waals surface area contributed by atoms with Crippen molar-refractivity contribution in [2.24, 2.45) is 0 Å². The molecule has 0 spiro atoms. The fourth-order valence-electron chi connectivity index (χ4n) is 2.12. The minimum absolute atomic E-state index is 0.0613. The maximum atomic E-state index is 11.7. The van der Waals surface area contributed by atoms with Crippen LogP contribution in [0.5, 0.6) is 0 Å². The van der Waals surface area contributed by atoms with Crippen LogP contribution in [0.1, 0.15) is 6.42 Å². The molecule has 0 aliphatic carbocycles. The Balaban J connectivity index is 2.32. The van der Waals surface area contributed by atoms with Crippen LogP contribution in [0, 0.1) is 0 Å². The van der Waals surface area contributed by atoms with Gasteiger partial charge in [-0.1, -0.05) is 0 Å². The standard InChI is InChI=1S/C12H18N4O3S/c1-14-20(18,19)9-3-4-11(10(13)7-9)16-6-2-5-15-12(17)8-16/h3-4,7,14H,2,5-6,8,13H2,1H3,(H,15,17). The lowest BCUT2D eigenvalue weighted by Gasteiger charge is -2.23. The van der Waals surface area contributed by atoms with E-state index in [4.69, 9.17) is 5.73 Å². The molecule has 1 aromatic rings. The van der Waals surface area contributed by atoms with Crippen LogP contribution in [-0.4, -0.2) is 41.0 Å². The van der Waals surface area contributed by atoms with E-state index in [0.717, 1.165) is 6.42 Å². The topological polar surface area (TPSA) is 105 Å². The third-order valence-electron chi connectivity index (χ3n) is 3.18. The molecule has 1 fully saturated rings. The SMILES string of the molecule is CNS(=O)(=O)c1ccc(N2CCCNC(=O)C2)c(N)c1. The van der Waals surface area contributed by atoms with Crippen molar-refractivity contribution in [3.63, 3.8) is 0 Å². The zero-order valence-corrected chi connectivity index (χ0v) is 12.0. The molecule has 0 bridgehead atoms. The van der Waals surface area contributed by atoms with Gasteiger partial charge in [-0.25, -0.2) is 13.1 Å². The molecule has 1 amide bonds. The molecule has 1 aromatic carbocycles. The average molecular weight is 298 g/mol. The van der Waals surface area contributed by atoms with Crippen LogP contribution >= 0.6 is 0 Å². The Morgan fingerprint density at radius 2 is 2.15 bits per heavy atom. The Morgan fingerprint density at radius 1 is 1.40 bits per heavy atom. The van der Waals surface area contributed by atoms with Crippen molar-refractivity contribution >= 4 is 27.3 Å². The zero-order chi connectivity index (χ0) is 14.8. The maximum absolute atomic E-state index is 11.7. The summed E-state index contributed by atoms with van der Waals surface area (Å²) in [5.41, 5.74) is 6.96. The summed E-state index contributed by atoms with van der Waals surface area (Å²) in [6, 6.07) is 4.53. The van der Waals surface area contributed by atoms with Crippen LogP contribution in [-0.2, 0) is 14.8 Å². The molecule has 0 saturated carbocycles. The number of nitrogens with two attached hydrogens (primary N) is 1. The number of carbonyl (C=O) groups is 1. The highest BCUT2D eigenvalue weighted by molar-refractivity contribution is 7.89. The van der Waals surface area contributed by atoms with E-state index in [0.29, 0.717) is 24.5 Å². The normalized spacial score (nSPS) is 16.6. The van der Waals surface area contributed by atoms with Crippen LogP contribution in [0.25, 0.3) is 0 Å². The summed E-state index contributed by atoms with van der Waals surface area (Å²) in [7, 11) is -2.17. The summed E-state index contributed by atoms with van der Waals surface area (Å²) in [4.78, 5) is 13.5. The van der Waals surface area contributed by atoms with Gasteiger partial charge in [0.2, 0.25) is 15.9 Å². The lowest BCUT2D eigenvalue weighted by Crippen LogP contribution is -2.33. The Bertz CT molecular complexity index is 615. The summed E-state index contributed by atoms with van der Waals surface area (Å²) in [5.74, 6) is -0.0613. The molecule has 0 aromatic heterocycles. The first-order chi connectivity index (χ1) is 9.44. The molecule has 110 valence electrons. The van der Waals surface area contributed by atoms with Gasteiger partial charge in [-0.15, -0.1) is 0 Å². The highest BCUT2D eigenvalue weighted by Crippen LogP contribution is 2.26. The van der Waals surface area contributed by atoms with Crippen LogP contribution in [0.15, 0.2) is 23.1 Å². The molecule has 4 N–H and O–H groups in total. The van der Waals surface area contributed by atoms with Crippen molar-refractivity contribution in [1.29, 1.82) is 0 Å². The van der Waals surface area contributed by atoms with Gasteiger partial charge in [0.15, 0.2) is 0 Å². The third kappa shape index (κ3) is 3.02. The summed E-state index contributed by atoms with van der Waals surface area (Å²) >= 11 is 0. The summed E-state index contributed by atoms with van der Waals surface area (Å²) in [5, 5.41) is 2.78. The molecule has 1 aliphatic heterocycles. The fourth-order valence-corrected chi connectivity index (χ4v) is 2.88. The highest BCUT2D eigenvalue weighted by Gasteiger charge is 2.19. The van der Waals surface area contributed by atoms with Gasteiger partial charge in [-0.05, 0) is 31.7 Å². The summed E-state index contributed by atoms with van der Waals surface area (Å²) in [6.45, 7) is 1.56. The molecule has 0 atom stereocenters. The number of nitrogens with one attached hydrogen (secondary N) is 2. The van der Waals surface area contributed by atoms with E-state index < -0.39 is 10.0 Å². The van der Waals surface area contributed by atoms with Gasteiger partial charge in [0.25, 0.3) is 0 Å². The minimum atomic E-state index is -3.51. The monoisotopic (exact) mass is 298 g/mol. The Hall–Kier alpha value is -1.80. The second-order valence-corrected chi connectivity index (χ2v) is 6.44. The van der Waals surface area contributed by atoms with Crippen molar-refractivity contribution in [2.75, 3.05) is 37.3 Å². The van der Waals surface area contributed by atoms with Crippen LogP contribution in [0.3, 0.4) is 0 Å². The van der Waals surface area contributed by atoms with Crippen LogP contribution in [0.4, 0.5) is 11.4 Å². The van der Waals surface area contributed by atoms with E-state index in [1.165, 1.54) is 19.2 Å². The molecule has 1 aliphatic rings. The second kappa shape index (κ2) is 5.68. The lowest BCUT2D eigenvalue weighted by atomic mass is 10.2. The Labute approximate surface area is 118 Å². The maximum Gasteiger partial charge on any atom is 0.240 e. The fraction of sp³-hybridized carbons (Fsp3) is 0.417. The number of sulfonamides is 1. The highest BCUT2D eigenvalue weighted by atomic mass is 32.2. The molecule has 2 rings (SSSR count). The average Bonchev–Trinajstić information content (AvgIpc) is 2.63. The van der Waals surface area contributed by atoms with E-state index in [-0.39, 0.29) is 17.3 Å². The molecule has 7 nitrogen and oxygen atoms in total. The first-order valence-corrected chi connectivity index (χ1v) is 7.77. The number of carbonyl (C=O) groups excluding carboxylic acids is 1. The predicted molar refractivity (Wildman–Crippen MR) is 76.9 cm³/mol. The second-order valence-electron chi connectivity index (χ2n) is 4.55. The van der Waals surface area contributed by atoms with Crippen molar-refractivity contribution in [2.45, 2.75) is 11.3 Å². The van der Waals surface area contributed by atoms with E-state index in [9.17, 15) is 13.2 Å². The molecule has 1 heterocycles. The van der Waals surface area contributed by atoms with Gasteiger partial charge in [0.1, 0.15) is 0 Å². The smallest absolute Gasteiger partial charge is 0.240 e. The number of hydrogen-bond acceptors (Lipinski definition) is 5. The van der Waals surface area contributed by atoms with Crippen molar-refractivity contribution < 1.29 is 13.2 Å². The number of benzene rings is 1. The van der Waals surface area contributed by atoms with Gasteiger partial charge in [-0.3, -0.25) is 4.79 Å². The van der Waals surface area contributed by atoms with Gasteiger partial charge in [0.05, 0.1) is 22.8 Å². The lowest BCUT2D eigenvalue weighted by molar-refractivity contribution is -0.119. The summed E-state index contributed by atoms with van der Waals surface area (Å²) < 4.78 is 25.6.